The molecule has 0 bridgehead atoms. The van der Waals surface area contributed by atoms with Crippen molar-refractivity contribution in [2.24, 2.45) is 0 Å². The molecule has 0 aliphatic heterocycles. The number of aromatic nitrogens is 1. The third kappa shape index (κ3) is 2.71. The molecule has 0 spiro atoms. The smallest absolute Gasteiger partial charge is 0.147 e. The number of rotatable bonds is 5. The van der Waals surface area contributed by atoms with E-state index >= 15 is 0 Å². The molecular weight excluding hydrogens is 236 g/mol. The Morgan fingerprint density at radius 2 is 2.00 bits per heavy atom. The number of ketones is 1. The number of nitrogens with zero attached hydrogens (tertiary/aromatic N) is 1. The number of fused-ring (bicyclic) bond motifs is 1. The van der Waals surface area contributed by atoms with Crippen LogP contribution in [0, 0.1) is 0 Å². The van der Waals surface area contributed by atoms with E-state index in [1.54, 1.807) is 6.92 Å². The zero-order valence-electron chi connectivity index (χ0n) is 12.1. The molecule has 102 valence electrons. The minimum Gasteiger partial charge on any atom is -0.345 e. The number of hydrogen-bond donors (Lipinski definition) is 1. The van der Waals surface area contributed by atoms with Crippen molar-refractivity contribution in [2.75, 3.05) is 7.05 Å². The van der Waals surface area contributed by atoms with Crippen molar-refractivity contribution < 1.29 is 4.79 Å². The average Bonchev–Trinajstić information content (AvgIpc) is 2.74. The van der Waals surface area contributed by atoms with Crippen molar-refractivity contribution in [3.05, 3.63) is 36.0 Å². The summed E-state index contributed by atoms with van der Waals surface area (Å²) >= 11 is 0. The van der Waals surface area contributed by atoms with Crippen LogP contribution in [0.25, 0.3) is 10.9 Å². The van der Waals surface area contributed by atoms with Gasteiger partial charge in [0.25, 0.3) is 0 Å². The van der Waals surface area contributed by atoms with E-state index in [2.05, 4.69) is 54.2 Å². The number of benzene rings is 1. The Hall–Kier alpha value is -1.61. The molecule has 3 heteroatoms. The molecule has 1 unspecified atom stereocenters. The third-order valence-electron chi connectivity index (χ3n) is 3.64. The van der Waals surface area contributed by atoms with Gasteiger partial charge in [0.2, 0.25) is 0 Å². The molecule has 1 atom stereocenters. The van der Waals surface area contributed by atoms with Crippen molar-refractivity contribution in [2.45, 2.75) is 39.3 Å². The number of Topliss-reactive ketones (excluding diaryl/α,β-unsaturated/α-hetero) is 1. The lowest BCUT2D eigenvalue weighted by Gasteiger charge is -2.11. The zero-order chi connectivity index (χ0) is 14.0. The van der Waals surface area contributed by atoms with Gasteiger partial charge in [-0.05, 0) is 45.9 Å². The topological polar surface area (TPSA) is 34.0 Å². The predicted octanol–water partition coefficient (Wildman–Crippen LogP) is 2.94. The van der Waals surface area contributed by atoms with Gasteiger partial charge in [-0.2, -0.15) is 0 Å². The molecule has 1 N–H and O–H groups in total. The molecule has 1 heterocycles. The van der Waals surface area contributed by atoms with Crippen LogP contribution < -0.4 is 5.32 Å². The molecule has 1 aromatic carbocycles. The van der Waals surface area contributed by atoms with Crippen LogP contribution in [0.5, 0.6) is 0 Å². The van der Waals surface area contributed by atoms with Gasteiger partial charge in [-0.3, -0.25) is 4.79 Å². The fourth-order valence-electron chi connectivity index (χ4n) is 2.54. The highest BCUT2D eigenvalue weighted by atomic mass is 16.1. The molecule has 19 heavy (non-hydrogen) atoms. The highest BCUT2D eigenvalue weighted by Crippen LogP contribution is 2.25. The first kappa shape index (κ1) is 13.8. The van der Waals surface area contributed by atoms with Gasteiger partial charge in [0.15, 0.2) is 0 Å². The first-order valence-electron chi connectivity index (χ1n) is 6.80. The van der Waals surface area contributed by atoms with Crippen molar-refractivity contribution in [3.63, 3.8) is 0 Å². The Balaban J connectivity index is 2.46. The van der Waals surface area contributed by atoms with E-state index in [4.69, 9.17) is 0 Å². The molecule has 0 saturated heterocycles. The highest BCUT2D eigenvalue weighted by Gasteiger charge is 2.16. The summed E-state index contributed by atoms with van der Waals surface area (Å²) in [6.07, 6.45) is 2.93. The first-order chi connectivity index (χ1) is 9.04. The van der Waals surface area contributed by atoms with Gasteiger partial charge in [-0.1, -0.05) is 18.2 Å². The second kappa shape index (κ2) is 5.57. The quantitative estimate of drug-likeness (QED) is 0.894. The van der Waals surface area contributed by atoms with Crippen LogP contribution in [0.4, 0.5) is 0 Å². The van der Waals surface area contributed by atoms with Crippen molar-refractivity contribution in [3.8, 4) is 0 Å². The summed E-state index contributed by atoms with van der Waals surface area (Å²) in [5.74, 6) is 0.184. The van der Waals surface area contributed by atoms with Gasteiger partial charge in [0.1, 0.15) is 5.78 Å². The van der Waals surface area contributed by atoms with E-state index in [9.17, 15) is 4.79 Å². The summed E-state index contributed by atoms with van der Waals surface area (Å²) in [6, 6.07) is 8.71. The van der Waals surface area contributed by atoms with E-state index in [0.29, 0.717) is 6.04 Å². The lowest BCUT2D eigenvalue weighted by atomic mass is 10.0. The SMILES string of the molecule is CNC(Cc1cn(C(C)C)c2ccccc12)C(C)=O. The summed E-state index contributed by atoms with van der Waals surface area (Å²) in [6.45, 7) is 6.00. The second-order valence-corrected chi connectivity index (χ2v) is 5.33. The highest BCUT2D eigenvalue weighted by molar-refractivity contribution is 5.86. The molecular formula is C16H22N2O. The van der Waals surface area contributed by atoms with Crippen LogP contribution in [-0.4, -0.2) is 23.4 Å². The monoisotopic (exact) mass is 258 g/mol. The van der Waals surface area contributed by atoms with Gasteiger partial charge in [-0.15, -0.1) is 0 Å². The molecule has 0 saturated carbocycles. The second-order valence-electron chi connectivity index (χ2n) is 5.33. The van der Waals surface area contributed by atoms with Gasteiger partial charge in [0, 0.05) is 23.1 Å². The van der Waals surface area contributed by atoms with Crippen molar-refractivity contribution in [1.82, 2.24) is 9.88 Å². The molecule has 1 aromatic heterocycles. The van der Waals surface area contributed by atoms with Gasteiger partial charge in [0.05, 0.1) is 6.04 Å². The summed E-state index contributed by atoms with van der Waals surface area (Å²) in [7, 11) is 1.84. The lowest BCUT2D eigenvalue weighted by Crippen LogP contribution is -2.34. The minimum atomic E-state index is -0.105. The molecule has 0 fully saturated rings. The normalized spacial score (nSPS) is 13.1. The van der Waals surface area contributed by atoms with Crippen LogP contribution in [0.2, 0.25) is 0 Å². The predicted molar refractivity (Wildman–Crippen MR) is 79.6 cm³/mol. The minimum absolute atomic E-state index is 0.105. The molecule has 0 radical (unpaired) electrons. The van der Waals surface area contributed by atoms with Crippen molar-refractivity contribution in [1.29, 1.82) is 0 Å². The number of likely N-dealkylation sites (N-methyl/N-ethyl adjacent to an activating group) is 1. The Morgan fingerprint density at radius 3 is 2.58 bits per heavy atom. The summed E-state index contributed by atoms with van der Waals surface area (Å²) in [5, 5.41) is 4.34. The maximum atomic E-state index is 11.6. The van der Waals surface area contributed by atoms with Crippen LogP contribution in [0.3, 0.4) is 0 Å². The largest absolute Gasteiger partial charge is 0.345 e. The summed E-state index contributed by atoms with van der Waals surface area (Å²) < 4.78 is 2.28. The molecule has 0 amide bonds. The van der Waals surface area contributed by atoms with Gasteiger partial charge < -0.3 is 9.88 Å². The average molecular weight is 258 g/mol. The third-order valence-corrected chi connectivity index (χ3v) is 3.64. The van der Waals surface area contributed by atoms with Gasteiger partial charge >= 0.3 is 0 Å². The van der Waals surface area contributed by atoms with E-state index in [-0.39, 0.29) is 11.8 Å². The molecule has 2 aromatic rings. The number of carbonyl (C=O) groups excluding carboxylic acids is 1. The maximum absolute atomic E-state index is 11.6. The fourth-order valence-corrected chi connectivity index (χ4v) is 2.54. The lowest BCUT2D eigenvalue weighted by molar-refractivity contribution is -0.118. The Bertz CT molecular complexity index is 583. The molecule has 3 nitrogen and oxygen atoms in total. The van der Waals surface area contributed by atoms with Crippen molar-refractivity contribution >= 4 is 16.7 Å². The Kier molecular flexibility index (Phi) is 4.05. The molecule has 2 rings (SSSR count). The van der Waals surface area contributed by atoms with Crippen LogP contribution in [0.1, 0.15) is 32.4 Å². The van der Waals surface area contributed by atoms with E-state index in [1.807, 2.05) is 7.05 Å². The number of para-hydroxylation sites is 1. The van der Waals surface area contributed by atoms with Crippen LogP contribution in [0.15, 0.2) is 30.5 Å². The molecule has 0 aliphatic carbocycles. The number of carbonyl (C=O) groups is 1. The first-order valence-corrected chi connectivity index (χ1v) is 6.80. The maximum Gasteiger partial charge on any atom is 0.147 e. The van der Waals surface area contributed by atoms with Crippen LogP contribution >= 0.6 is 0 Å². The number of hydrogen-bond acceptors (Lipinski definition) is 2. The molecule has 0 aliphatic rings. The van der Waals surface area contributed by atoms with E-state index < -0.39 is 0 Å². The Labute approximate surface area is 114 Å². The standard InChI is InChI=1S/C16H22N2O/c1-11(2)18-10-13(9-15(17-4)12(3)19)14-7-5-6-8-16(14)18/h5-8,10-11,15,17H,9H2,1-4H3. The number of nitrogens with one attached hydrogen (secondary N) is 1. The van der Waals surface area contributed by atoms with Crippen LogP contribution in [-0.2, 0) is 11.2 Å². The van der Waals surface area contributed by atoms with Gasteiger partial charge in [-0.25, -0.2) is 0 Å². The summed E-state index contributed by atoms with van der Waals surface area (Å²) in [4.78, 5) is 11.6. The summed E-state index contributed by atoms with van der Waals surface area (Å²) in [5.41, 5.74) is 2.48. The zero-order valence-corrected chi connectivity index (χ0v) is 12.1. The van der Waals surface area contributed by atoms with E-state index in [1.165, 1.54) is 16.5 Å². The van der Waals surface area contributed by atoms with E-state index in [0.717, 1.165) is 6.42 Å². The Morgan fingerprint density at radius 1 is 1.32 bits per heavy atom. The fraction of sp³-hybridized carbons (Fsp3) is 0.438.